The van der Waals surface area contributed by atoms with Crippen molar-refractivity contribution in [2.45, 2.75) is 32.9 Å². The van der Waals surface area contributed by atoms with Crippen LogP contribution in [-0.2, 0) is 13.0 Å². The van der Waals surface area contributed by atoms with E-state index in [0.717, 1.165) is 23.8 Å². The van der Waals surface area contributed by atoms with Gasteiger partial charge in [-0.3, -0.25) is 0 Å². The van der Waals surface area contributed by atoms with Crippen LogP contribution in [0.2, 0.25) is 4.34 Å². The van der Waals surface area contributed by atoms with Crippen molar-refractivity contribution in [3.05, 3.63) is 39.6 Å². The van der Waals surface area contributed by atoms with Gasteiger partial charge < -0.3 is 9.88 Å². The highest BCUT2D eigenvalue weighted by Gasteiger charge is 2.04. The molecule has 0 unspecified atom stereocenters. The second-order valence-electron chi connectivity index (χ2n) is 4.52. The maximum absolute atomic E-state index is 5.90. The number of nitrogens with one attached hydrogen (secondary N) is 1. The number of halogens is 1. The van der Waals surface area contributed by atoms with Gasteiger partial charge in [0, 0.05) is 30.2 Å². The van der Waals surface area contributed by atoms with E-state index in [0.29, 0.717) is 6.04 Å². The molecule has 0 atom stereocenters. The molecule has 0 amide bonds. The number of hydrogen-bond acceptors (Lipinski definition) is 3. The van der Waals surface area contributed by atoms with Gasteiger partial charge in [0.25, 0.3) is 0 Å². The zero-order valence-corrected chi connectivity index (χ0v) is 12.3. The van der Waals surface area contributed by atoms with Gasteiger partial charge in [0.1, 0.15) is 0 Å². The summed E-state index contributed by atoms with van der Waals surface area (Å²) in [4.78, 5) is 5.52. The molecule has 0 bridgehead atoms. The zero-order chi connectivity index (χ0) is 13.0. The zero-order valence-electron chi connectivity index (χ0n) is 10.7. The first-order valence-electron chi connectivity index (χ1n) is 6.12. The van der Waals surface area contributed by atoms with E-state index in [1.54, 1.807) is 11.3 Å². The maximum atomic E-state index is 5.90. The minimum Gasteiger partial charge on any atom is -0.331 e. The van der Waals surface area contributed by atoms with Gasteiger partial charge in [0.2, 0.25) is 0 Å². The van der Waals surface area contributed by atoms with Gasteiger partial charge in [-0.25, -0.2) is 4.98 Å². The molecule has 2 heterocycles. The van der Waals surface area contributed by atoms with Gasteiger partial charge in [-0.1, -0.05) is 11.6 Å². The van der Waals surface area contributed by atoms with E-state index in [1.807, 2.05) is 18.6 Å². The van der Waals surface area contributed by atoms with Crippen molar-refractivity contribution in [1.82, 2.24) is 14.9 Å². The molecule has 0 aliphatic heterocycles. The molecule has 98 valence electrons. The van der Waals surface area contributed by atoms with Crippen LogP contribution in [0.3, 0.4) is 0 Å². The standard InChI is InChI=1S/C13H18ClN3S/c1-10(2)17-9-16-8-11(17)7-15-6-5-12-3-4-13(14)18-12/h3-4,8-10,15H,5-7H2,1-2H3. The number of hydrogen-bond donors (Lipinski definition) is 1. The minimum atomic E-state index is 0.459. The fourth-order valence-corrected chi connectivity index (χ4v) is 2.94. The van der Waals surface area contributed by atoms with Crippen molar-refractivity contribution in [2.75, 3.05) is 6.54 Å². The fourth-order valence-electron chi connectivity index (χ4n) is 1.85. The molecular weight excluding hydrogens is 266 g/mol. The summed E-state index contributed by atoms with van der Waals surface area (Å²) >= 11 is 7.55. The van der Waals surface area contributed by atoms with Crippen LogP contribution in [0.5, 0.6) is 0 Å². The third-order valence-electron chi connectivity index (χ3n) is 2.79. The van der Waals surface area contributed by atoms with Gasteiger partial charge in [-0.15, -0.1) is 11.3 Å². The van der Waals surface area contributed by atoms with E-state index in [-0.39, 0.29) is 0 Å². The van der Waals surface area contributed by atoms with E-state index >= 15 is 0 Å². The third-order valence-corrected chi connectivity index (χ3v) is 4.08. The van der Waals surface area contributed by atoms with Crippen LogP contribution in [0, 0.1) is 0 Å². The predicted octanol–water partition coefficient (Wildman–Crippen LogP) is 3.51. The summed E-state index contributed by atoms with van der Waals surface area (Å²) in [6.07, 6.45) is 4.84. The summed E-state index contributed by atoms with van der Waals surface area (Å²) in [6.45, 7) is 6.15. The van der Waals surface area contributed by atoms with Crippen molar-refractivity contribution in [2.24, 2.45) is 0 Å². The lowest BCUT2D eigenvalue weighted by Crippen LogP contribution is -2.19. The Bertz CT molecular complexity index is 490. The molecule has 2 rings (SSSR count). The van der Waals surface area contributed by atoms with Crippen LogP contribution in [0.4, 0.5) is 0 Å². The van der Waals surface area contributed by atoms with Crippen molar-refractivity contribution < 1.29 is 0 Å². The normalized spacial score (nSPS) is 11.3. The number of thiophene rings is 1. The van der Waals surface area contributed by atoms with Crippen LogP contribution in [0.25, 0.3) is 0 Å². The molecule has 0 saturated heterocycles. The van der Waals surface area contributed by atoms with Crippen LogP contribution >= 0.6 is 22.9 Å². The Hall–Kier alpha value is -0.840. The Balaban J connectivity index is 1.77. The lowest BCUT2D eigenvalue weighted by atomic mass is 10.3. The molecule has 0 radical (unpaired) electrons. The lowest BCUT2D eigenvalue weighted by Gasteiger charge is -2.12. The van der Waals surface area contributed by atoms with E-state index < -0.39 is 0 Å². The number of rotatable bonds is 6. The van der Waals surface area contributed by atoms with Gasteiger partial charge in [0.15, 0.2) is 0 Å². The van der Waals surface area contributed by atoms with Gasteiger partial charge >= 0.3 is 0 Å². The van der Waals surface area contributed by atoms with Gasteiger partial charge in [-0.2, -0.15) is 0 Å². The minimum absolute atomic E-state index is 0.459. The Morgan fingerprint density at radius 2 is 2.28 bits per heavy atom. The molecule has 0 spiro atoms. The summed E-state index contributed by atoms with van der Waals surface area (Å²) < 4.78 is 3.05. The van der Waals surface area contributed by atoms with Gasteiger partial charge in [-0.05, 0) is 32.4 Å². The summed E-state index contributed by atoms with van der Waals surface area (Å²) in [5.74, 6) is 0. The van der Waals surface area contributed by atoms with Crippen molar-refractivity contribution in [3.8, 4) is 0 Å². The molecule has 0 fully saturated rings. The first-order chi connectivity index (χ1) is 8.66. The first-order valence-corrected chi connectivity index (χ1v) is 7.32. The Labute approximate surface area is 117 Å². The molecule has 1 N–H and O–H groups in total. The molecule has 18 heavy (non-hydrogen) atoms. The first kappa shape index (κ1) is 13.6. The highest BCUT2D eigenvalue weighted by molar-refractivity contribution is 7.16. The highest BCUT2D eigenvalue weighted by atomic mass is 35.5. The van der Waals surface area contributed by atoms with Crippen LogP contribution < -0.4 is 5.32 Å². The average Bonchev–Trinajstić information content (AvgIpc) is 2.93. The van der Waals surface area contributed by atoms with Gasteiger partial charge in [0.05, 0.1) is 16.4 Å². The highest BCUT2D eigenvalue weighted by Crippen LogP contribution is 2.21. The molecule has 0 aromatic carbocycles. The molecule has 0 aliphatic rings. The molecule has 0 aliphatic carbocycles. The average molecular weight is 284 g/mol. The summed E-state index contributed by atoms with van der Waals surface area (Å²) in [6, 6.07) is 4.50. The summed E-state index contributed by atoms with van der Waals surface area (Å²) in [5, 5.41) is 3.44. The molecule has 5 heteroatoms. The monoisotopic (exact) mass is 283 g/mol. The van der Waals surface area contributed by atoms with Crippen molar-refractivity contribution >= 4 is 22.9 Å². The quantitative estimate of drug-likeness (QED) is 0.822. The number of imidazole rings is 1. The van der Waals surface area contributed by atoms with Crippen LogP contribution in [0.15, 0.2) is 24.7 Å². The predicted molar refractivity (Wildman–Crippen MR) is 77.4 cm³/mol. The van der Waals surface area contributed by atoms with Crippen molar-refractivity contribution in [1.29, 1.82) is 0 Å². The maximum Gasteiger partial charge on any atom is 0.0951 e. The van der Waals surface area contributed by atoms with E-state index in [4.69, 9.17) is 11.6 Å². The Kier molecular flexibility index (Phi) is 4.80. The fraction of sp³-hybridized carbons (Fsp3) is 0.462. The topological polar surface area (TPSA) is 29.9 Å². The SMILES string of the molecule is CC(C)n1cncc1CNCCc1ccc(Cl)s1. The summed E-state index contributed by atoms with van der Waals surface area (Å²) in [7, 11) is 0. The third kappa shape index (κ3) is 3.57. The van der Waals surface area contributed by atoms with Crippen LogP contribution in [-0.4, -0.2) is 16.1 Å². The molecule has 2 aromatic heterocycles. The van der Waals surface area contributed by atoms with E-state index in [1.165, 1.54) is 10.6 Å². The smallest absolute Gasteiger partial charge is 0.0951 e. The van der Waals surface area contributed by atoms with E-state index in [2.05, 4.69) is 34.8 Å². The largest absolute Gasteiger partial charge is 0.331 e. The summed E-state index contributed by atoms with van der Waals surface area (Å²) in [5.41, 5.74) is 1.23. The second-order valence-corrected chi connectivity index (χ2v) is 6.32. The molecule has 3 nitrogen and oxygen atoms in total. The van der Waals surface area contributed by atoms with Crippen LogP contribution in [0.1, 0.15) is 30.5 Å². The molecule has 0 saturated carbocycles. The second kappa shape index (κ2) is 6.36. The Morgan fingerprint density at radius 3 is 2.94 bits per heavy atom. The lowest BCUT2D eigenvalue weighted by molar-refractivity contribution is 0.551. The number of nitrogens with zero attached hydrogens (tertiary/aromatic N) is 2. The number of aromatic nitrogens is 2. The van der Waals surface area contributed by atoms with Crippen molar-refractivity contribution in [3.63, 3.8) is 0 Å². The molecular formula is C13H18ClN3S. The Morgan fingerprint density at radius 1 is 1.44 bits per heavy atom. The molecule has 2 aromatic rings. The van der Waals surface area contributed by atoms with E-state index in [9.17, 15) is 0 Å².